The number of aliphatic hydroxyl groups excluding tert-OH is 1. The van der Waals surface area contributed by atoms with Gasteiger partial charge in [0.2, 0.25) is 10.0 Å². The molecule has 0 aliphatic carbocycles. The highest BCUT2D eigenvalue weighted by molar-refractivity contribution is 7.88. The Kier molecular flexibility index (Phi) is 4.67. The standard InChI is InChI=1S/C14H22N2O3S/c1-3-14(17)12-4-6-13(7-5-12)15-8-10-16(11-9-15)20(2,18)19/h4-7,14,17H,3,8-11H2,1-2H3/t14-/m1/s1. The van der Waals surface area contributed by atoms with Crippen LogP contribution in [0.2, 0.25) is 0 Å². The molecule has 1 aliphatic rings. The third-order valence-corrected chi connectivity index (χ3v) is 5.04. The Morgan fingerprint density at radius 1 is 1.15 bits per heavy atom. The van der Waals surface area contributed by atoms with E-state index in [0.717, 1.165) is 11.3 Å². The SMILES string of the molecule is CC[C@@H](O)c1ccc(N2CCN(S(C)(=O)=O)CC2)cc1. The zero-order chi connectivity index (χ0) is 14.8. The second-order valence-electron chi connectivity index (χ2n) is 5.16. The number of nitrogens with zero attached hydrogens (tertiary/aromatic N) is 2. The topological polar surface area (TPSA) is 60.9 Å². The molecule has 1 atom stereocenters. The Morgan fingerprint density at radius 3 is 2.15 bits per heavy atom. The second-order valence-corrected chi connectivity index (χ2v) is 7.15. The molecule has 1 N–H and O–H groups in total. The largest absolute Gasteiger partial charge is 0.388 e. The predicted octanol–water partition coefficient (Wildman–Crippen LogP) is 1.21. The zero-order valence-electron chi connectivity index (χ0n) is 12.0. The minimum absolute atomic E-state index is 0.411. The predicted molar refractivity (Wildman–Crippen MR) is 80.3 cm³/mol. The summed E-state index contributed by atoms with van der Waals surface area (Å²) in [5.74, 6) is 0. The molecule has 1 fully saturated rings. The van der Waals surface area contributed by atoms with E-state index in [-0.39, 0.29) is 0 Å². The first-order chi connectivity index (χ1) is 9.41. The minimum Gasteiger partial charge on any atom is -0.388 e. The molecule has 0 radical (unpaired) electrons. The molecule has 0 saturated carbocycles. The van der Waals surface area contributed by atoms with Gasteiger partial charge in [-0.3, -0.25) is 0 Å². The Hall–Kier alpha value is -1.11. The number of hydrogen-bond donors (Lipinski definition) is 1. The van der Waals surface area contributed by atoms with Gasteiger partial charge in [-0.15, -0.1) is 0 Å². The fourth-order valence-electron chi connectivity index (χ4n) is 2.42. The van der Waals surface area contributed by atoms with Gasteiger partial charge in [-0.05, 0) is 24.1 Å². The summed E-state index contributed by atoms with van der Waals surface area (Å²) in [6.07, 6.45) is 1.54. The van der Waals surface area contributed by atoms with E-state index >= 15 is 0 Å². The van der Waals surface area contributed by atoms with Crippen LogP contribution in [0.3, 0.4) is 0 Å². The Balaban J connectivity index is 2.00. The maximum atomic E-state index is 11.5. The molecule has 1 aromatic rings. The molecule has 5 nitrogen and oxygen atoms in total. The number of aliphatic hydroxyl groups is 1. The third kappa shape index (κ3) is 3.50. The van der Waals surface area contributed by atoms with Crippen LogP contribution in [-0.4, -0.2) is 50.3 Å². The van der Waals surface area contributed by atoms with E-state index in [4.69, 9.17) is 0 Å². The molecular weight excluding hydrogens is 276 g/mol. The lowest BCUT2D eigenvalue weighted by molar-refractivity contribution is 0.173. The zero-order valence-corrected chi connectivity index (χ0v) is 12.8. The number of piperazine rings is 1. The van der Waals surface area contributed by atoms with Crippen LogP contribution in [-0.2, 0) is 10.0 Å². The maximum absolute atomic E-state index is 11.5. The molecule has 0 unspecified atom stereocenters. The van der Waals surface area contributed by atoms with Crippen molar-refractivity contribution in [2.75, 3.05) is 37.3 Å². The summed E-state index contributed by atoms with van der Waals surface area (Å²) in [5, 5.41) is 9.77. The van der Waals surface area contributed by atoms with Crippen LogP contribution in [0, 0.1) is 0 Å². The van der Waals surface area contributed by atoms with E-state index in [1.165, 1.54) is 10.6 Å². The van der Waals surface area contributed by atoms with Crippen molar-refractivity contribution in [1.82, 2.24) is 4.31 Å². The second kappa shape index (κ2) is 6.11. The van der Waals surface area contributed by atoms with Crippen molar-refractivity contribution < 1.29 is 13.5 Å². The van der Waals surface area contributed by atoms with E-state index in [1.54, 1.807) is 0 Å². The van der Waals surface area contributed by atoms with Crippen molar-refractivity contribution in [2.45, 2.75) is 19.4 Å². The van der Waals surface area contributed by atoms with E-state index in [1.807, 2.05) is 31.2 Å². The van der Waals surface area contributed by atoms with Crippen LogP contribution in [0.4, 0.5) is 5.69 Å². The monoisotopic (exact) mass is 298 g/mol. The number of hydrogen-bond acceptors (Lipinski definition) is 4. The Bertz CT molecular complexity index is 534. The molecule has 1 aromatic carbocycles. The lowest BCUT2D eigenvalue weighted by Crippen LogP contribution is -2.48. The molecule has 0 bridgehead atoms. The molecule has 0 amide bonds. The van der Waals surface area contributed by atoms with Crippen molar-refractivity contribution in [3.63, 3.8) is 0 Å². The smallest absolute Gasteiger partial charge is 0.211 e. The normalized spacial score (nSPS) is 19.1. The van der Waals surface area contributed by atoms with E-state index in [9.17, 15) is 13.5 Å². The van der Waals surface area contributed by atoms with Crippen LogP contribution >= 0.6 is 0 Å². The van der Waals surface area contributed by atoms with Crippen LogP contribution < -0.4 is 4.90 Å². The Morgan fingerprint density at radius 2 is 1.70 bits per heavy atom. The lowest BCUT2D eigenvalue weighted by atomic mass is 10.1. The van der Waals surface area contributed by atoms with Gasteiger partial charge in [0.05, 0.1) is 12.4 Å². The highest BCUT2D eigenvalue weighted by Crippen LogP contribution is 2.22. The average molecular weight is 298 g/mol. The molecule has 1 saturated heterocycles. The molecule has 0 spiro atoms. The maximum Gasteiger partial charge on any atom is 0.211 e. The summed E-state index contributed by atoms with van der Waals surface area (Å²) in [5.41, 5.74) is 2.00. The third-order valence-electron chi connectivity index (χ3n) is 3.74. The number of benzene rings is 1. The minimum atomic E-state index is -3.08. The van der Waals surface area contributed by atoms with Crippen molar-refractivity contribution in [3.05, 3.63) is 29.8 Å². The fourth-order valence-corrected chi connectivity index (χ4v) is 3.25. The molecule has 20 heavy (non-hydrogen) atoms. The fraction of sp³-hybridized carbons (Fsp3) is 0.571. The van der Waals surface area contributed by atoms with Crippen molar-refractivity contribution in [1.29, 1.82) is 0 Å². The molecule has 1 aliphatic heterocycles. The summed E-state index contributed by atoms with van der Waals surface area (Å²) in [6, 6.07) is 7.85. The molecule has 0 aromatic heterocycles. The Labute approximate surface area is 120 Å². The van der Waals surface area contributed by atoms with Gasteiger partial charge < -0.3 is 10.0 Å². The number of anilines is 1. The van der Waals surface area contributed by atoms with Gasteiger partial charge in [0, 0.05) is 31.9 Å². The van der Waals surface area contributed by atoms with Gasteiger partial charge in [0.1, 0.15) is 0 Å². The van der Waals surface area contributed by atoms with Gasteiger partial charge >= 0.3 is 0 Å². The molecule has 6 heteroatoms. The van der Waals surface area contributed by atoms with Crippen LogP contribution in [0.1, 0.15) is 25.0 Å². The first-order valence-corrected chi connectivity index (χ1v) is 8.74. The molecule has 2 rings (SSSR count). The molecular formula is C14H22N2O3S. The first-order valence-electron chi connectivity index (χ1n) is 6.90. The quantitative estimate of drug-likeness (QED) is 0.908. The highest BCUT2D eigenvalue weighted by atomic mass is 32.2. The number of sulfonamides is 1. The molecule has 112 valence electrons. The van der Waals surface area contributed by atoms with Crippen molar-refractivity contribution in [3.8, 4) is 0 Å². The highest BCUT2D eigenvalue weighted by Gasteiger charge is 2.23. The van der Waals surface area contributed by atoms with E-state index in [2.05, 4.69) is 4.90 Å². The summed E-state index contributed by atoms with van der Waals surface area (Å²) < 4.78 is 24.4. The van der Waals surface area contributed by atoms with Crippen LogP contribution in [0.25, 0.3) is 0 Å². The van der Waals surface area contributed by atoms with Gasteiger partial charge in [0.25, 0.3) is 0 Å². The van der Waals surface area contributed by atoms with Crippen molar-refractivity contribution >= 4 is 15.7 Å². The van der Waals surface area contributed by atoms with Gasteiger partial charge in [0.15, 0.2) is 0 Å². The summed E-state index contributed by atoms with van der Waals surface area (Å²) in [6.45, 7) is 4.39. The van der Waals surface area contributed by atoms with Gasteiger partial charge in [-0.1, -0.05) is 19.1 Å². The average Bonchev–Trinajstić information content (AvgIpc) is 2.46. The summed E-state index contributed by atoms with van der Waals surface area (Å²) >= 11 is 0. The first kappa shape index (κ1) is 15.3. The van der Waals surface area contributed by atoms with Crippen LogP contribution in [0.5, 0.6) is 0 Å². The van der Waals surface area contributed by atoms with Gasteiger partial charge in [-0.2, -0.15) is 4.31 Å². The summed E-state index contributed by atoms with van der Waals surface area (Å²) in [4.78, 5) is 2.17. The van der Waals surface area contributed by atoms with Crippen LogP contribution in [0.15, 0.2) is 24.3 Å². The number of rotatable bonds is 4. The lowest BCUT2D eigenvalue weighted by Gasteiger charge is -2.34. The van der Waals surface area contributed by atoms with Gasteiger partial charge in [-0.25, -0.2) is 8.42 Å². The van der Waals surface area contributed by atoms with E-state index in [0.29, 0.717) is 32.6 Å². The molecule has 1 heterocycles. The van der Waals surface area contributed by atoms with E-state index < -0.39 is 16.1 Å². The van der Waals surface area contributed by atoms with Crippen molar-refractivity contribution in [2.24, 2.45) is 0 Å². The summed E-state index contributed by atoms with van der Waals surface area (Å²) in [7, 11) is -3.08.